The number of aromatic nitrogens is 1. The Morgan fingerprint density at radius 3 is 2.62 bits per heavy atom. The molecule has 8 nitrogen and oxygen atoms in total. The van der Waals surface area contributed by atoms with Gasteiger partial charge in [0.15, 0.2) is 0 Å². The quantitative estimate of drug-likeness (QED) is 0.506. The number of benzene rings is 1. The summed E-state index contributed by atoms with van der Waals surface area (Å²) in [6.07, 6.45) is 2.90. The highest BCUT2D eigenvalue weighted by Gasteiger charge is 2.27. The molecule has 1 heterocycles. The third-order valence-corrected chi connectivity index (χ3v) is 4.91. The number of anilines is 1. The summed E-state index contributed by atoms with van der Waals surface area (Å²) in [5.41, 5.74) is 1.60. The Labute approximate surface area is 188 Å². The Kier molecular flexibility index (Phi) is 7.46. The average Bonchev–Trinajstić information content (AvgIpc) is 3.57. The molecular weight excluding hydrogens is 408 g/mol. The summed E-state index contributed by atoms with van der Waals surface area (Å²) in [4.78, 5) is 16.9. The van der Waals surface area contributed by atoms with Crippen molar-refractivity contribution >= 4 is 11.6 Å². The van der Waals surface area contributed by atoms with E-state index in [9.17, 15) is 9.90 Å². The lowest BCUT2D eigenvalue weighted by Crippen LogP contribution is -2.48. The minimum absolute atomic E-state index is 0.303. The molecule has 32 heavy (non-hydrogen) atoms. The van der Waals surface area contributed by atoms with Crippen molar-refractivity contribution in [1.82, 2.24) is 10.3 Å². The van der Waals surface area contributed by atoms with Crippen LogP contribution in [0.4, 0.5) is 5.69 Å². The summed E-state index contributed by atoms with van der Waals surface area (Å²) in [6.45, 7) is 7.30. The average molecular weight is 439 g/mol. The van der Waals surface area contributed by atoms with Crippen LogP contribution in [0.2, 0.25) is 0 Å². The zero-order valence-electron chi connectivity index (χ0n) is 18.9. The van der Waals surface area contributed by atoms with Crippen LogP contribution in [0.1, 0.15) is 64.0 Å². The Bertz CT molecular complexity index is 975. The van der Waals surface area contributed by atoms with Gasteiger partial charge in [0.25, 0.3) is 0 Å². The van der Waals surface area contributed by atoms with Crippen molar-refractivity contribution in [2.24, 2.45) is 0 Å². The predicted octanol–water partition coefficient (Wildman–Crippen LogP) is 4.02. The Morgan fingerprint density at radius 2 is 2.06 bits per heavy atom. The van der Waals surface area contributed by atoms with Gasteiger partial charge in [-0.1, -0.05) is 6.92 Å². The summed E-state index contributed by atoms with van der Waals surface area (Å²) in [6, 6.07) is 10.3. The van der Waals surface area contributed by atoms with E-state index in [0.717, 1.165) is 18.4 Å². The van der Waals surface area contributed by atoms with Gasteiger partial charge in [0.05, 0.1) is 35.2 Å². The number of nitrogens with zero attached hydrogens (tertiary/aromatic N) is 2. The van der Waals surface area contributed by atoms with E-state index in [-0.39, 0.29) is 5.91 Å². The van der Waals surface area contributed by atoms with E-state index in [1.807, 2.05) is 33.8 Å². The van der Waals surface area contributed by atoms with Gasteiger partial charge in [-0.15, -0.1) is 0 Å². The van der Waals surface area contributed by atoms with Gasteiger partial charge in [-0.3, -0.25) is 10.1 Å². The van der Waals surface area contributed by atoms with Crippen LogP contribution in [0.25, 0.3) is 0 Å². The number of rotatable bonds is 9. The summed E-state index contributed by atoms with van der Waals surface area (Å²) in [5.74, 6) is 1.21. The van der Waals surface area contributed by atoms with Gasteiger partial charge < -0.3 is 19.9 Å². The first-order valence-electron chi connectivity index (χ1n) is 10.8. The second-order valence-electron chi connectivity index (χ2n) is 8.83. The molecule has 1 fully saturated rings. The number of pyridine rings is 1. The molecule has 1 aromatic heterocycles. The third kappa shape index (κ3) is 6.76. The lowest BCUT2D eigenvalue weighted by molar-refractivity contribution is -0.186. The number of nitriles is 1. The molecule has 1 amide bonds. The number of aliphatic hydroxyl groups is 1. The molecule has 2 unspecified atom stereocenters. The number of carbonyl (C=O) groups is 1. The highest BCUT2D eigenvalue weighted by atomic mass is 16.6. The van der Waals surface area contributed by atoms with Crippen LogP contribution < -0.4 is 15.4 Å². The van der Waals surface area contributed by atoms with E-state index in [0.29, 0.717) is 35.2 Å². The minimum atomic E-state index is -1.26. The summed E-state index contributed by atoms with van der Waals surface area (Å²) < 4.78 is 11.3. The van der Waals surface area contributed by atoms with Crippen LogP contribution in [0, 0.1) is 11.3 Å². The number of ether oxygens (including phenoxy) is 2. The van der Waals surface area contributed by atoms with Gasteiger partial charge in [-0.2, -0.15) is 5.26 Å². The molecule has 0 saturated heterocycles. The first kappa shape index (κ1) is 23.7. The predicted molar refractivity (Wildman–Crippen MR) is 120 cm³/mol. The molecule has 1 aliphatic rings. The van der Waals surface area contributed by atoms with Gasteiger partial charge in [0.1, 0.15) is 5.75 Å². The summed E-state index contributed by atoms with van der Waals surface area (Å²) >= 11 is 0. The molecule has 2 aromatic rings. The van der Waals surface area contributed by atoms with Crippen LogP contribution >= 0.6 is 0 Å². The molecule has 0 bridgehead atoms. The molecule has 8 heteroatoms. The number of hydrogen-bond acceptors (Lipinski definition) is 7. The highest BCUT2D eigenvalue weighted by Crippen LogP contribution is 2.45. The van der Waals surface area contributed by atoms with Crippen LogP contribution in [-0.2, 0) is 9.53 Å². The van der Waals surface area contributed by atoms with Crippen molar-refractivity contribution in [2.45, 2.75) is 70.9 Å². The fourth-order valence-corrected chi connectivity index (χ4v) is 3.20. The molecule has 1 aliphatic carbocycles. The van der Waals surface area contributed by atoms with Crippen molar-refractivity contribution < 1.29 is 19.4 Å². The van der Waals surface area contributed by atoms with Gasteiger partial charge in [0.2, 0.25) is 18.2 Å². The zero-order valence-corrected chi connectivity index (χ0v) is 18.9. The molecule has 2 atom stereocenters. The number of nitrogens with one attached hydrogen (secondary N) is 2. The van der Waals surface area contributed by atoms with E-state index >= 15 is 0 Å². The van der Waals surface area contributed by atoms with E-state index in [1.54, 1.807) is 24.3 Å². The molecule has 1 saturated carbocycles. The van der Waals surface area contributed by atoms with Crippen molar-refractivity contribution in [3.63, 3.8) is 0 Å². The van der Waals surface area contributed by atoms with Crippen molar-refractivity contribution in [3.8, 4) is 17.7 Å². The lowest BCUT2D eigenvalue weighted by atomic mass is 10.1. The standard InChI is InChI=1S/C24H30N4O4/c1-5-19(28-23(30)32-24(2,3)4)22(29)27-17-9-11-21(26-14-17)31-20-10-6-15(13-25)12-18(20)16-7-8-16/h6,9-12,14,16,19,23,28,30H,5,7-8H2,1-4H3,(H,27,29). The number of hydrogen-bond donors (Lipinski definition) is 3. The first-order chi connectivity index (χ1) is 15.2. The van der Waals surface area contributed by atoms with Crippen LogP contribution in [0.3, 0.4) is 0 Å². The fraction of sp³-hybridized carbons (Fsp3) is 0.458. The normalized spacial score (nSPS) is 15.5. The smallest absolute Gasteiger partial charge is 0.241 e. The maximum absolute atomic E-state index is 12.6. The van der Waals surface area contributed by atoms with Crippen molar-refractivity contribution in [3.05, 3.63) is 47.7 Å². The highest BCUT2D eigenvalue weighted by molar-refractivity contribution is 5.94. The van der Waals surface area contributed by atoms with Crippen LogP contribution in [0.5, 0.6) is 11.6 Å². The van der Waals surface area contributed by atoms with E-state index in [4.69, 9.17) is 14.7 Å². The Morgan fingerprint density at radius 1 is 1.31 bits per heavy atom. The summed E-state index contributed by atoms with van der Waals surface area (Å²) in [7, 11) is 0. The molecule has 3 rings (SSSR count). The van der Waals surface area contributed by atoms with Gasteiger partial charge in [-0.25, -0.2) is 4.98 Å². The SMILES string of the molecule is CCC(NC(O)OC(C)(C)C)C(=O)Nc1ccc(Oc2ccc(C#N)cc2C2CC2)nc1. The zero-order chi connectivity index (χ0) is 23.3. The fourth-order valence-electron chi connectivity index (χ4n) is 3.20. The molecule has 0 radical (unpaired) electrons. The molecule has 3 N–H and O–H groups in total. The van der Waals surface area contributed by atoms with Crippen molar-refractivity contribution in [2.75, 3.05) is 5.32 Å². The van der Waals surface area contributed by atoms with Crippen LogP contribution in [0.15, 0.2) is 36.5 Å². The second-order valence-corrected chi connectivity index (χ2v) is 8.83. The monoisotopic (exact) mass is 438 g/mol. The number of aliphatic hydroxyl groups excluding tert-OH is 1. The largest absolute Gasteiger partial charge is 0.439 e. The number of carbonyl (C=O) groups excluding carboxylic acids is 1. The van der Waals surface area contributed by atoms with Crippen molar-refractivity contribution in [1.29, 1.82) is 5.26 Å². The van der Waals surface area contributed by atoms with E-state index in [1.165, 1.54) is 6.20 Å². The molecule has 0 aliphatic heterocycles. The maximum Gasteiger partial charge on any atom is 0.241 e. The maximum atomic E-state index is 12.6. The molecule has 1 aromatic carbocycles. The Hall–Kier alpha value is -2.99. The molecule has 0 spiro atoms. The molecule has 170 valence electrons. The van der Waals surface area contributed by atoms with E-state index < -0.39 is 18.1 Å². The topological polar surface area (TPSA) is 116 Å². The first-order valence-corrected chi connectivity index (χ1v) is 10.8. The number of amides is 1. The second kappa shape index (κ2) is 10.1. The lowest BCUT2D eigenvalue weighted by Gasteiger charge is -2.27. The van der Waals surface area contributed by atoms with Crippen LogP contribution in [-0.4, -0.2) is 34.1 Å². The van der Waals surface area contributed by atoms with Gasteiger partial charge in [0, 0.05) is 6.07 Å². The summed E-state index contributed by atoms with van der Waals surface area (Å²) in [5, 5.41) is 24.7. The Balaban J connectivity index is 1.61. The van der Waals surface area contributed by atoms with Gasteiger partial charge in [-0.05, 0) is 75.8 Å². The van der Waals surface area contributed by atoms with Gasteiger partial charge >= 0.3 is 0 Å². The molecular formula is C24H30N4O4. The minimum Gasteiger partial charge on any atom is -0.439 e. The van der Waals surface area contributed by atoms with E-state index in [2.05, 4.69) is 21.7 Å². The third-order valence-electron chi connectivity index (χ3n) is 4.91.